The van der Waals surface area contributed by atoms with Crippen LogP contribution in [0.4, 0.5) is 10.3 Å². The third-order valence-electron chi connectivity index (χ3n) is 3.04. The second-order valence-corrected chi connectivity index (χ2v) is 4.93. The Morgan fingerprint density at radius 1 is 1.48 bits per heavy atom. The van der Waals surface area contributed by atoms with E-state index >= 15 is 0 Å². The van der Waals surface area contributed by atoms with E-state index in [2.05, 4.69) is 20.4 Å². The molecule has 0 radical (unpaired) electrons. The summed E-state index contributed by atoms with van der Waals surface area (Å²) in [6.07, 6.45) is 1.51. The zero-order valence-electron chi connectivity index (χ0n) is 11.0. The average Bonchev–Trinajstić information content (AvgIpc) is 2.82. The van der Waals surface area contributed by atoms with Gasteiger partial charge in [0.25, 0.3) is 5.56 Å². The van der Waals surface area contributed by atoms with Gasteiger partial charge in [0.15, 0.2) is 5.52 Å². The molecule has 0 amide bonds. The topological polar surface area (TPSA) is 75.6 Å². The molecule has 2 N–H and O–H groups in total. The maximum atomic E-state index is 13.3. The lowest BCUT2D eigenvalue weighted by Gasteiger charge is -2.06. The van der Waals surface area contributed by atoms with Gasteiger partial charge in [0.1, 0.15) is 11.3 Å². The number of hydrogen-bond acceptors (Lipinski definition) is 4. The minimum Gasteiger partial charge on any atom is -0.352 e. The molecule has 0 aliphatic carbocycles. The van der Waals surface area contributed by atoms with Crippen molar-refractivity contribution in [3.63, 3.8) is 0 Å². The number of aryl methyl sites for hydroxylation is 1. The van der Waals surface area contributed by atoms with Gasteiger partial charge < -0.3 is 5.32 Å². The number of aromatic nitrogens is 4. The van der Waals surface area contributed by atoms with Gasteiger partial charge in [0, 0.05) is 13.6 Å². The molecular weight excluding hydrogens is 297 g/mol. The van der Waals surface area contributed by atoms with Crippen molar-refractivity contribution in [2.45, 2.75) is 6.54 Å². The van der Waals surface area contributed by atoms with Crippen LogP contribution in [0.15, 0.2) is 29.2 Å². The molecule has 21 heavy (non-hydrogen) atoms. The molecule has 0 fully saturated rings. The molecule has 3 rings (SSSR count). The molecule has 0 aliphatic heterocycles. The SMILES string of the molecule is Cn1ncc2nc(NCc3ccc(Cl)c(F)c3)[nH]c(=O)c21. The summed E-state index contributed by atoms with van der Waals surface area (Å²) in [4.78, 5) is 18.8. The quantitative estimate of drug-likeness (QED) is 0.776. The Morgan fingerprint density at radius 2 is 2.29 bits per heavy atom. The Labute approximate surface area is 123 Å². The Balaban J connectivity index is 1.85. The first-order valence-corrected chi connectivity index (χ1v) is 6.52. The van der Waals surface area contributed by atoms with Gasteiger partial charge in [0.05, 0.1) is 11.2 Å². The van der Waals surface area contributed by atoms with Gasteiger partial charge >= 0.3 is 0 Å². The van der Waals surface area contributed by atoms with Crippen LogP contribution in [0.25, 0.3) is 11.0 Å². The van der Waals surface area contributed by atoms with E-state index in [1.807, 2.05) is 0 Å². The summed E-state index contributed by atoms with van der Waals surface area (Å²) in [7, 11) is 1.67. The maximum Gasteiger partial charge on any atom is 0.278 e. The molecule has 108 valence electrons. The smallest absolute Gasteiger partial charge is 0.278 e. The zero-order valence-corrected chi connectivity index (χ0v) is 11.8. The molecule has 0 aliphatic rings. The number of hydrogen-bond donors (Lipinski definition) is 2. The van der Waals surface area contributed by atoms with Crippen LogP contribution < -0.4 is 10.9 Å². The summed E-state index contributed by atoms with van der Waals surface area (Å²) in [5.41, 5.74) is 1.29. The van der Waals surface area contributed by atoms with Crippen LogP contribution in [0.3, 0.4) is 0 Å². The number of nitrogens with zero attached hydrogens (tertiary/aromatic N) is 3. The van der Waals surface area contributed by atoms with E-state index in [-0.39, 0.29) is 10.6 Å². The molecular formula is C13H11ClFN5O. The highest BCUT2D eigenvalue weighted by Gasteiger charge is 2.08. The average molecular weight is 308 g/mol. The molecule has 0 saturated heterocycles. The van der Waals surface area contributed by atoms with E-state index < -0.39 is 5.82 Å². The summed E-state index contributed by atoms with van der Waals surface area (Å²) < 4.78 is 14.8. The van der Waals surface area contributed by atoms with E-state index in [4.69, 9.17) is 11.6 Å². The molecule has 2 aromatic heterocycles. The number of nitrogens with one attached hydrogen (secondary N) is 2. The highest BCUT2D eigenvalue weighted by molar-refractivity contribution is 6.30. The molecule has 6 nitrogen and oxygen atoms in total. The molecule has 0 bridgehead atoms. The standard InChI is InChI=1S/C13H11ClFN5O/c1-20-11-10(6-17-20)18-13(19-12(11)21)16-5-7-2-3-8(14)9(15)4-7/h2-4,6H,5H2,1H3,(H2,16,18,19,21). The largest absolute Gasteiger partial charge is 0.352 e. The van der Waals surface area contributed by atoms with Crippen molar-refractivity contribution < 1.29 is 4.39 Å². The second-order valence-electron chi connectivity index (χ2n) is 4.52. The van der Waals surface area contributed by atoms with Crippen molar-refractivity contribution in [1.82, 2.24) is 19.7 Å². The number of H-pyrrole nitrogens is 1. The van der Waals surface area contributed by atoms with Crippen LogP contribution in [0.5, 0.6) is 0 Å². The molecule has 0 atom stereocenters. The third kappa shape index (κ3) is 2.59. The Bertz CT molecular complexity index is 873. The van der Waals surface area contributed by atoms with Crippen LogP contribution in [0.2, 0.25) is 5.02 Å². The lowest BCUT2D eigenvalue weighted by Crippen LogP contribution is -2.15. The molecule has 0 spiro atoms. The van der Waals surface area contributed by atoms with Crippen LogP contribution in [0, 0.1) is 5.82 Å². The van der Waals surface area contributed by atoms with Crippen LogP contribution in [-0.4, -0.2) is 19.7 Å². The van der Waals surface area contributed by atoms with Crippen LogP contribution >= 0.6 is 11.6 Å². The Hall–Kier alpha value is -2.41. The minimum absolute atomic E-state index is 0.0714. The minimum atomic E-state index is -0.486. The van der Waals surface area contributed by atoms with Gasteiger partial charge in [-0.2, -0.15) is 5.10 Å². The maximum absolute atomic E-state index is 13.3. The highest BCUT2D eigenvalue weighted by Crippen LogP contribution is 2.16. The van der Waals surface area contributed by atoms with Gasteiger partial charge in [-0.15, -0.1) is 0 Å². The van der Waals surface area contributed by atoms with Crippen LogP contribution in [-0.2, 0) is 13.6 Å². The second kappa shape index (κ2) is 5.17. The fourth-order valence-electron chi connectivity index (χ4n) is 2.01. The number of aromatic amines is 1. The van der Waals surface area contributed by atoms with E-state index in [9.17, 15) is 9.18 Å². The van der Waals surface area contributed by atoms with Gasteiger partial charge in [-0.3, -0.25) is 14.5 Å². The monoisotopic (exact) mass is 307 g/mol. The Kier molecular flexibility index (Phi) is 3.34. The molecule has 1 aromatic carbocycles. The lowest BCUT2D eigenvalue weighted by molar-refractivity contribution is 0.626. The van der Waals surface area contributed by atoms with Gasteiger partial charge in [-0.05, 0) is 17.7 Å². The first-order valence-electron chi connectivity index (χ1n) is 6.14. The zero-order chi connectivity index (χ0) is 15.0. The summed E-state index contributed by atoms with van der Waals surface area (Å²) >= 11 is 5.62. The summed E-state index contributed by atoms with van der Waals surface area (Å²) in [5, 5.41) is 6.99. The van der Waals surface area contributed by atoms with Crippen LogP contribution in [0.1, 0.15) is 5.56 Å². The highest BCUT2D eigenvalue weighted by atomic mass is 35.5. The number of rotatable bonds is 3. The van der Waals surface area contributed by atoms with Gasteiger partial charge in [-0.1, -0.05) is 17.7 Å². The van der Waals surface area contributed by atoms with Crippen molar-refractivity contribution in [3.8, 4) is 0 Å². The van der Waals surface area contributed by atoms with Crippen molar-refractivity contribution in [2.75, 3.05) is 5.32 Å². The number of halogens is 2. The van der Waals surface area contributed by atoms with E-state index in [0.717, 1.165) is 0 Å². The van der Waals surface area contributed by atoms with Crippen molar-refractivity contribution in [1.29, 1.82) is 0 Å². The van der Waals surface area contributed by atoms with Crippen molar-refractivity contribution >= 4 is 28.6 Å². The van der Waals surface area contributed by atoms with Gasteiger partial charge in [-0.25, -0.2) is 9.37 Å². The predicted octanol–water partition coefficient (Wildman–Crippen LogP) is 2.06. The fraction of sp³-hybridized carbons (Fsp3) is 0.154. The van der Waals surface area contributed by atoms with E-state index in [1.165, 1.54) is 23.0 Å². The molecule has 8 heteroatoms. The third-order valence-corrected chi connectivity index (χ3v) is 3.35. The number of anilines is 1. The van der Waals surface area contributed by atoms with Crippen molar-refractivity contribution in [2.24, 2.45) is 7.05 Å². The summed E-state index contributed by atoms with van der Waals surface area (Å²) in [5.74, 6) is -0.184. The summed E-state index contributed by atoms with van der Waals surface area (Å²) in [6, 6.07) is 4.50. The normalized spacial score (nSPS) is 11.0. The first-order chi connectivity index (χ1) is 10.0. The van der Waals surface area contributed by atoms with E-state index in [0.29, 0.717) is 29.1 Å². The van der Waals surface area contributed by atoms with Crippen molar-refractivity contribution in [3.05, 3.63) is 51.2 Å². The predicted molar refractivity (Wildman–Crippen MR) is 77.9 cm³/mol. The first kappa shape index (κ1) is 13.6. The molecule has 2 heterocycles. The lowest BCUT2D eigenvalue weighted by atomic mass is 10.2. The number of fused-ring (bicyclic) bond motifs is 1. The molecule has 3 aromatic rings. The Morgan fingerprint density at radius 3 is 3.05 bits per heavy atom. The summed E-state index contributed by atoms with van der Waals surface area (Å²) in [6.45, 7) is 0.308. The van der Waals surface area contributed by atoms with Gasteiger partial charge in [0.2, 0.25) is 5.95 Å². The molecule has 0 unspecified atom stereocenters. The van der Waals surface area contributed by atoms with E-state index in [1.54, 1.807) is 13.1 Å². The number of benzene rings is 1. The molecule has 0 saturated carbocycles. The fourth-order valence-corrected chi connectivity index (χ4v) is 2.12.